The van der Waals surface area contributed by atoms with Crippen LogP contribution in [0.3, 0.4) is 0 Å². The Kier molecular flexibility index (Phi) is 3.53. The first-order chi connectivity index (χ1) is 9.16. The monoisotopic (exact) mass is 276 g/mol. The van der Waals surface area contributed by atoms with Gasteiger partial charge in [0, 0.05) is 6.54 Å². The van der Waals surface area contributed by atoms with Crippen molar-refractivity contribution < 1.29 is 0 Å². The summed E-state index contributed by atoms with van der Waals surface area (Å²) in [5.74, 6) is 1.94. The molecule has 0 spiro atoms. The highest BCUT2D eigenvalue weighted by atomic mass is 35.5. The summed E-state index contributed by atoms with van der Waals surface area (Å²) >= 11 is 6.31. The largest absolute Gasteiger partial charge is 0.327 e. The highest BCUT2D eigenvalue weighted by Crippen LogP contribution is 2.32. The first-order valence-electron chi connectivity index (χ1n) is 7.26. The lowest BCUT2D eigenvalue weighted by Crippen LogP contribution is -2.15. The first kappa shape index (κ1) is 13.0. The van der Waals surface area contributed by atoms with Crippen LogP contribution in [0.2, 0.25) is 0 Å². The van der Waals surface area contributed by atoms with E-state index in [1.807, 2.05) is 6.92 Å². The number of imidazole rings is 1. The molecule has 0 N–H and O–H groups in total. The zero-order valence-corrected chi connectivity index (χ0v) is 12.5. The molecule has 0 bridgehead atoms. The van der Waals surface area contributed by atoms with Gasteiger partial charge in [-0.05, 0) is 37.8 Å². The maximum Gasteiger partial charge on any atom is 0.127 e. The second-order valence-electron chi connectivity index (χ2n) is 5.77. The maximum atomic E-state index is 6.31. The molecule has 0 saturated heterocycles. The summed E-state index contributed by atoms with van der Waals surface area (Å²) in [6.07, 6.45) is 5.47. The predicted octanol–water partition coefficient (Wildman–Crippen LogP) is 4.83. The fourth-order valence-electron chi connectivity index (χ4n) is 3.01. The van der Waals surface area contributed by atoms with Crippen LogP contribution < -0.4 is 0 Å². The smallest absolute Gasteiger partial charge is 0.127 e. The number of halogens is 1. The Morgan fingerprint density at radius 1 is 1.42 bits per heavy atom. The quantitative estimate of drug-likeness (QED) is 0.731. The molecule has 1 heterocycles. The van der Waals surface area contributed by atoms with E-state index < -0.39 is 0 Å². The zero-order chi connectivity index (χ0) is 13.4. The van der Waals surface area contributed by atoms with E-state index in [2.05, 4.69) is 29.7 Å². The first-order valence-corrected chi connectivity index (χ1v) is 7.70. The lowest BCUT2D eigenvalue weighted by molar-refractivity contribution is 0.282. The molecule has 3 heteroatoms. The van der Waals surface area contributed by atoms with Crippen LogP contribution in [0.1, 0.15) is 49.4 Å². The molecule has 1 fully saturated rings. The van der Waals surface area contributed by atoms with Gasteiger partial charge in [-0.25, -0.2) is 4.98 Å². The summed E-state index contributed by atoms with van der Waals surface area (Å²) in [7, 11) is 0. The minimum absolute atomic E-state index is 0.0341. The van der Waals surface area contributed by atoms with Crippen molar-refractivity contribution >= 4 is 22.6 Å². The van der Waals surface area contributed by atoms with Gasteiger partial charge in [-0.1, -0.05) is 31.4 Å². The van der Waals surface area contributed by atoms with Gasteiger partial charge in [0.15, 0.2) is 0 Å². The molecule has 1 aliphatic rings. The number of hydrogen-bond acceptors (Lipinski definition) is 1. The van der Waals surface area contributed by atoms with Gasteiger partial charge in [-0.3, -0.25) is 0 Å². The standard InChI is InChI=1S/C16H21ClN2/c1-11-5-3-8-14-15(11)19(16(18-14)12(2)17)10-9-13-6-4-7-13/h3,5,8,12-13H,4,6-7,9-10H2,1-2H3. The van der Waals surface area contributed by atoms with E-state index in [-0.39, 0.29) is 5.38 Å². The van der Waals surface area contributed by atoms with Crippen LogP contribution in [0.25, 0.3) is 11.0 Å². The highest BCUT2D eigenvalue weighted by Gasteiger charge is 2.20. The molecule has 2 nitrogen and oxygen atoms in total. The van der Waals surface area contributed by atoms with Crippen molar-refractivity contribution in [3.05, 3.63) is 29.6 Å². The summed E-state index contributed by atoms with van der Waals surface area (Å²) in [6, 6.07) is 6.32. The number of fused-ring (bicyclic) bond motifs is 1. The third-order valence-electron chi connectivity index (χ3n) is 4.34. The third kappa shape index (κ3) is 2.38. The molecule has 1 aliphatic carbocycles. The predicted molar refractivity (Wildman–Crippen MR) is 80.7 cm³/mol. The summed E-state index contributed by atoms with van der Waals surface area (Å²) in [5.41, 5.74) is 3.64. The van der Waals surface area contributed by atoms with Crippen molar-refractivity contribution in [3.8, 4) is 0 Å². The molecular formula is C16H21ClN2. The van der Waals surface area contributed by atoms with Crippen molar-refractivity contribution in [2.75, 3.05) is 0 Å². The molecule has 19 heavy (non-hydrogen) atoms. The van der Waals surface area contributed by atoms with Crippen molar-refractivity contribution in [1.29, 1.82) is 0 Å². The van der Waals surface area contributed by atoms with E-state index in [1.165, 1.54) is 36.8 Å². The van der Waals surface area contributed by atoms with Crippen molar-refractivity contribution in [3.63, 3.8) is 0 Å². The average Bonchev–Trinajstić information content (AvgIpc) is 2.68. The minimum atomic E-state index is -0.0341. The van der Waals surface area contributed by atoms with Gasteiger partial charge >= 0.3 is 0 Å². The number of rotatable bonds is 4. The van der Waals surface area contributed by atoms with Crippen LogP contribution in [0.15, 0.2) is 18.2 Å². The van der Waals surface area contributed by atoms with Crippen LogP contribution in [0, 0.1) is 12.8 Å². The second-order valence-corrected chi connectivity index (χ2v) is 6.42. The average molecular weight is 277 g/mol. The van der Waals surface area contributed by atoms with Crippen LogP contribution in [-0.2, 0) is 6.54 Å². The van der Waals surface area contributed by atoms with Gasteiger partial charge in [0.2, 0.25) is 0 Å². The normalized spacial score (nSPS) is 17.6. The molecule has 1 atom stereocenters. The molecule has 0 aliphatic heterocycles. The van der Waals surface area contributed by atoms with Gasteiger partial charge in [0.05, 0.1) is 16.4 Å². The summed E-state index contributed by atoms with van der Waals surface area (Å²) in [5, 5.41) is -0.0341. The Hall–Kier alpha value is -1.02. The Balaban J connectivity index is 1.99. The number of benzene rings is 1. The SMILES string of the molecule is Cc1cccc2nc(C(C)Cl)n(CCC3CCC3)c12. The Bertz CT molecular complexity index is 582. The zero-order valence-electron chi connectivity index (χ0n) is 11.7. The number of nitrogens with zero attached hydrogens (tertiary/aromatic N) is 2. The molecule has 1 aromatic carbocycles. The molecule has 0 amide bonds. The van der Waals surface area contributed by atoms with Gasteiger partial charge in [-0.15, -0.1) is 11.6 Å². The molecule has 2 aromatic rings. The van der Waals surface area contributed by atoms with E-state index >= 15 is 0 Å². The Labute approximate surface area is 119 Å². The molecule has 1 unspecified atom stereocenters. The van der Waals surface area contributed by atoms with E-state index in [9.17, 15) is 0 Å². The summed E-state index contributed by atoms with van der Waals surface area (Å²) in [6.45, 7) is 5.23. The topological polar surface area (TPSA) is 17.8 Å². The molecule has 1 aromatic heterocycles. The third-order valence-corrected chi connectivity index (χ3v) is 4.53. The van der Waals surface area contributed by atoms with E-state index in [1.54, 1.807) is 0 Å². The van der Waals surface area contributed by atoms with E-state index in [0.29, 0.717) is 0 Å². The number of para-hydroxylation sites is 1. The van der Waals surface area contributed by atoms with Crippen molar-refractivity contribution in [2.24, 2.45) is 5.92 Å². The number of alkyl halides is 1. The van der Waals surface area contributed by atoms with E-state index in [0.717, 1.165) is 23.8 Å². The fraction of sp³-hybridized carbons (Fsp3) is 0.562. The van der Waals surface area contributed by atoms with Gasteiger partial charge in [0.25, 0.3) is 0 Å². The van der Waals surface area contributed by atoms with Crippen LogP contribution >= 0.6 is 11.6 Å². The van der Waals surface area contributed by atoms with Crippen LogP contribution in [0.5, 0.6) is 0 Å². The lowest BCUT2D eigenvalue weighted by atomic mass is 9.83. The summed E-state index contributed by atoms with van der Waals surface area (Å²) in [4.78, 5) is 4.73. The number of hydrogen-bond donors (Lipinski definition) is 0. The van der Waals surface area contributed by atoms with Crippen LogP contribution in [0.4, 0.5) is 0 Å². The summed E-state index contributed by atoms with van der Waals surface area (Å²) < 4.78 is 2.35. The number of aromatic nitrogens is 2. The molecule has 0 radical (unpaired) electrons. The maximum absolute atomic E-state index is 6.31. The van der Waals surface area contributed by atoms with E-state index in [4.69, 9.17) is 16.6 Å². The van der Waals surface area contributed by atoms with Crippen molar-refractivity contribution in [1.82, 2.24) is 9.55 Å². The van der Waals surface area contributed by atoms with Crippen molar-refractivity contribution in [2.45, 2.75) is 51.5 Å². The molecular weight excluding hydrogens is 256 g/mol. The fourth-order valence-corrected chi connectivity index (χ4v) is 3.17. The molecule has 102 valence electrons. The Morgan fingerprint density at radius 3 is 2.84 bits per heavy atom. The molecule has 1 saturated carbocycles. The molecule has 3 rings (SSSR count). The van der Waals surface area contributed by atoms with Gasteiger partial charge in [-0.2, -0.15) is 0 Å². The minimum Gasteiger partial charge on any atom is -0.327 e. The second kappa shape index (κ2) is 5.16. The van der Waals surface area contributed by atoms with Crippen LogP contribution in [-0.4, -0.2) is 9.55 Å². The number of aryl methyl sites for hydroxylation is 2. The Morgan fingerprint density at radius 2 is 2.21 bits per heavy atom. The highest BCUT2D eigenvalue weighted by molar-refractivity contribution is 6.20. The lowest BCUT2D eigenvalue weighted by Gasteiger charge is -2.26. The van der Waals surface area contributed by atoms with Gasteiger partial charge in [0.1, 0.15) is 5.82 Å². The van der Waals surface area contributed by atoms with Gasteiger partial charge < -0.3 is 4.57 Å².